The molecule has 1 aliphatic rings. The van der Waals surface area contributed by atoms with Crippen LogP contribution in [0.3, 0.4) is 0 Å². The van der Waals surface area contributed by atoms with E-state index in [1.54, 1.807) is 54.8 Å². The second-order valence-electron chi connectivity index (χ2n) is 7.02. The first-order valence-corrected chi connectivity index (χ1v) is 11.3. The molecule has 3 aromatic rings. The van der Waals surface area contributed by atoms with Crippen molar-refractivity contribution < 1.29 is 23.1 Å². The average Bonchev–Trinajstić information content (AvgIpc) is 2.85. The van der Waals surface area contributed by atoms with Crippen molar-refractivity contribution in [1.29, 1.82) is 0 Å². The molecule has 0 radical (unpaired) electrons. The van der Waals surface area contributed by atoms with Crippen LogP contribution in [0.5, 0.6) is 11.5 Å². The van der Waals surface area contributed by atoms with E-state index in [9.17, 15) is 18.3 Å². The monoisotopic (exact) mass is 464 g/mol. The number of azo groups is 1. The van der Waals surface area contributed by atoms with E-state index in [0.29, 0.717) is 28.6 Å². The Labute approximate surface area is 190 Å². The zero-order valence-corrected chi connectivity index (χ0v) is 18.3. The Morgan fingerprint density at radius 1 is 1.12 bits per heavy atom. The van der Waals surface area contributed by atoms with Crippen LogP contribution in [0.4, 0.5) is 11.4 Å². The van der Waals surface area contributed by atoms with Crippen molar-refractivity contribution in [2.45, 2.75) is 4.90 Å². The van der Waals surface area contributed by atoms with Gasteiger partial charge < -0.3 is 15.2 Å². The highest BCUT2D eigenvalue weighted by Crippen LogP contribution is 2.40. The maximum absolute atomic E-state index is 13.0. The van der Waals surface area contributed by atoms with Gasteiger partial charge in [0.15, 0.2) is 5.75 Å². The van der Waals surface area contributed by atoms with Gasteiger partial charge in [-0.15, -0.1) is 10.2 Å². The van der Waals surface area contributed by atoms with Gasteiger partial charge in [-0.3, -0.25) is 9.52 Å². The number of rotatable bonds is 6. The molecule has 33 heavy (non-hydrogen) atoms. The number of hydrogen-bond donors (Lipinski definition) is 3. The summed E-state index contributed by atoms with van der Waals surface area (Å²) < 4.78 is 33.5. The summed E-state index contributed by atoms with van der Waals surface area (Å²) in [5.74, 6) is -0.278. The summed E-state index contributed by atoms with van der Waals surface area (Å²) in [6, 6.07) is 14.0. The molecule has 1 amide bonds. The Balaban J connectivity index is 1.72. The van der Waals surface area contributed by atoms with E-state index in [2.05, 4.69) is 20.3 Å². The highest BCUT2D eigenvalue weighted by atomic mass is 32.2. The van der Waals surface area contributed by atoms with Crippen molar-refractivity contribution >= 4 is 38.1 Å². The summed E-state index contributed by atoms with van der Waals surface area (Å²) in [4.78, 5) is 12.3. The van der Waals surface area contributed by atoms with Crippen molar-refractivity contribution in [3.05, 3.63) is 78.5 Å². The van der Waals surface area contributed by atoms with Crippen LogP contribution in [0.25, 0.3) is 10.8 Å². The molecule has 3 aromatic carbocycles. The molecule has 0 aromatic heterocycles. The molecule has 168 valence electrons. The minimum absolute atomic E-state index is 0.0310. The molecule has 4 rings (SSSR count). The van der Waals surface area contributed by atoms with Gasteiger partial charge in [0.25, 0.3) is 15.9 Å². The van der Waals surface area contributed by atoms with Gasteiger partial charge >= 0.3 is 0 Å². The second kappa shape index (κ2) is 9.13. The molecular weight excluding hydrogens is 444 g/mol. The molecule has 1 heterocycles. The molecule has 0 atom stereocenters. The summed E-state index contributed by atoms with van der Waals surface area (Å²) in [5.41, 5.74) is 0.493. The lowest BCUT2D eigenvalue weighted by Gasteiger charge is -2.13. The average molecular weight is 465 g/mol. The Morgan fingerprint density at radius 3 is 2.52 bits per heavy atom. The van der Waals surface area contributed by atoms with E-state index in [-0.39, 0.29) is 22.0 Å². The number of ether oxygens (including phenoxy) is 1. The van der Waals surface area contributed by atoms with Gasteiger partial charge in [0, 0.05) is 22.9 Å². The Bertz CT molecular complexity index is 1410. The van der Waals surface area contributed by atoms with Crippen LogP contribution < -0.4 is 14.8 Å². The van der Waals surface area contributed by atoms with Crippen LogP contribution in [-0.2, 0) is 14.8 Å². The van der Waals surface area contributed by atoms with Crippen LogP contribution in [0.1, 0.15) is 0 Å². The zero-order valence-electron chi connectivity index (χ0n) is 17.5. The Kier molecular flexibility index (Phi) is 6.09. The third-order valence-corrected chi connectivity index (χ3v) is 6.31. The van der Waals surface area contributed by atoms with Crippen molar-refractivity contribution in [2.75, 3.05) is 18.4 Å². The summed E-state index contributed by atoms with van der Waals surface area (Å²) in [5, 5.41) is 22.0. The normalized spacial score (nSPS) is 13.5. The number of aromatic hydroxyl groups is 1. The van der Waals surface area contributed by atoms with Crippen molar-refractivity contribution in [1.82, 2.24) is 5.32 Å². The smallest absolute Gasteiger partial charge is 0.295 e. The van der Waals surface area contributed by atoms with Crippen molar-refractivity contribution in [3.8, 4) is 11.5 Å². The number of phenolic OH excluding ortho intramolecular Hbond substituents is 1. The lowest BCUT2D eigenvalue weighted by Crippen LogP contribution is -2.13. The van der Waals surface area contributed by atoms with E-state index in [0.717, 1.165) is 0 Å². The fourth-order valence-electron chi connectivity index (χ4n) is 3.23. The molecule has 9 nitrogen and oxygen atoms in total. The highest BCUT2D eigenvalue weighted by Gasteiger charge is 2.19. The van der Waals surface area contributed by atoms with Crippen LogP contribution in [0, 0.1) is 0 Å². The summed E-state index contributed by atoms with van der Waals surface area (Å²) in [6.45, 7) is 0.492. The standard InChI is InChI=1S/C23H20N4O5S/c1-32-16-6-8-17(9-7-16)33(30,31)27-20-14-21(22(28)19-5-3-2-4-18(19)20)25-26-23(29)15-10-12-24-13-11-15/h2-12,14,24,27-28H,13H2,1H3. The number of carbonyl (C=O) groups is 1. The third kappa shape index (κ3) is 4.70. The van der Waals surface area contributed by atoms with E-state index in [4.69, 9.17) is 4.74 Å². The molecular formula is C23H20N4O5S. The predicted molar refractivity (Wildman–Crippen MR) is 124 cm³/mol. The number of nitrogens with zero attached hydrogens (tertiary/aromatic N) is 2. The summed E-state index contributed by atoms with van der Waals surface area (Å²) in [7, 11) is -2.47. The first-order chi connectivity index (χ1) is 15.9. The molecule has 0 bridgehead atoms. The topological polar surface area (TPSA) is 129 Å². The molecule has 0 saturated carbocycles. The fourth-order valence-corrected chi connectivity index (χ4v) is 4.30. The van der Waals surface area contributed by atoms with Crippen molar-refractivity contribution in [3.63, 3.8) is 0 Å². The molecule has 0 aliphatic carbocycles. The zero-order chi connectivity index (χ0) is 23.4. The van der Waals surface area contributed by atoms with Crippen LogP contribution in [0.2, 0.25) is 0 Å². The Hall–Kier alpha value is -4.18. The van der Waals surface area contributed by atoms with Crippen LogP contribution >= 0.6 is 0 Å². The molecule has 10 heteroatoms. The number of sulfonamides is 1. The van der Waals surface area contributed by atoms with Gasteiger partial charge in [-0.2, -0.15) is 0 Å². The summed E-state index contributed by atoms with van der Waals surface area (Å²) >= 11 is 0. The minimum atomic E-state index is -3.96. The molecule has 3 N–H and O–H groups in total. The number of benzene rings is 3. The highest BCUT2D eigenvalue weighted by molar-refractivity contribution is 7.92. The van der Waals surface area contributed by atoms with E-state index in [1.807, 2.05) is 0 Å². The number of phenols is 1. The first-order valence-electron chi connectivity index (χ1n) is 9.87. The van der Waals surface area contributed by atoms with E-state index in [1.165, 1.54) is 25.3 Å². The number of nitrogens with one attached hydrogen (secondary N) is 2. The lowest BCUT2D eigenvalue weighted by atomic mass is 10.1. The van der Waals surface area contributed by atoms with E-state index < -0.39 is 15.9 Å². The number of carbonyl (C=O) groups excluding carboxylic acids is 1. The quantitative estimate of drug-likeness (QED) is 0.373. The van der Waals surface area contributed by atoms with Gasteiger partial charge in [0.1, 0.15) is 11.4 Å². The number of dihydropyridines is 1. The van der Waals surface area contributed by atoms with Gasteiger partial charge in [-0.05, 0) is 42.6 Å². The van der Waals surface area contributed by atoms with Gasteiger partial charge in [0.05, 0.1) is 17.7 Å². The molecule has 0 saturated heterocycles. The van der Waals surface area contributed by atoms with Crippen LogP contribution in [0.15, 0.2) is 93.6 Å². The molecule has 0 unspecified atom stereocenters. The fraction of sp³-hybridized carbons (Fsp3) is 0.0870. The molecule has 1 aliphatic heterocycles. The SMILES string of the molecule is COc1ccc(S(=O)(=O)Nc2cc(N=NC(=O)C3=CCNC=C3)c(O)c3ccccc23)cc1. The predicted octanol–water partition coefficient (Wildman–Crippen LogP) is 4.01. The number of methoxy groups -OCH3 is 1. The lowest BCUT2D eigenvalue weighted by molar-refractivity contribution is -0.114. The van der Waals surface area contributed by atoms with Gasteiger partial charge in [-0.25, -0.2) is 8.42 Å². The number of fused-ring (bicyclic) bond motifs is 1. The number of hydrogen-bond acceptors (Lipinski definition) is 7. The van der Waals surface area contributed by atoms with Gasteiger partial charge in [0.2, 0.25) is 0 Å². The number of amides is 1. The molecule has 0 spiro atoms. The summed E-state index contributed by atoms with van der Waals surface area (Å²) in [6.07, 6.45) is 4.86. The first kappa shape index (κ1) is 22.0. The molecule has 0 fully saturated rings. The minimum Gasteiger partial charge on any atom is -0.505 e. The maximum Gasteiger partial charge on any atom is 0.295 e. The number of anilines is 1. The maximum atomic E-state index is 13.0. The van der Waals surface area contributed by atoms with E-state index >= 15 is 0 Å². The van der Waals surface area contributed by atoms with Crippen LogP contribution in [-0.4, -0.2) is 33.1 Å². The second-order valence-corrected chi connectivity index (χ2v) is 8.71. The Morgan fingerprint density at radius 2 is 1.85 bits per heavy atom. The van der Waals surface area contributed by atoms with Gasteiger partial charge in [-0.1, -0.05) is 30.3 Å². The van der Waals surface area contributed by atoms with Crippen molar-refractivity contribution in [2.24, 2.45) is 10.2 Å². The largest absolute Gasteiger partial charge is 0.505 e. The third-order valence-electron chi connectivity index (χ3n) is 4.93.